The zero-order valence-electron chi connectivity index (χ0n) is 29.7. The average molecular weight is 799 g/mol. The molecule has 13 heteroatoms. The first-order valence-electron chi connectivity index (χ1n) is 17.7. The Kier molecular flexibility index (Phi) is 11.6. The molecule has 0 aliphatic carbocycles. The molecule has 2 N–H and O–H groups in total. The highest BCUT2D eigenvalue weighted by molar-refractivity contribution is 9.11. The van der Waals surface area contributed by atoms with Crippen molar-refractivity contribution in [3.8, 4) is 0 Å². The number of fused-ring (bicyclic) bond motifs is 2. The Morgan fingerprint density at radius 2 is 1.81 bits per heavy atom. The molecule has 52 heavy (non-hydrogen) atoms. The Bertz CT molecular complexity index is 1730. The van der Waals surface area contributed by atoms with Crippen LogP contribution in [0.15, 0.2) is 71.2 Å². The summed E-state index contributed by atoms with van der Waals surface area (Å²) in [6, 6.07) is 11.6. The number of nitrogens with one attached hydrogen (secondary N) is 1. The van der Waals surface area contributed by atoms with Crippen LogP contribution >= 0.6 is 27.5 Å². The van der Waals surface area contributed by atoms with Gasteiger partial charge in [-0.3, -0.25) is 19.2 Å². The van der Waals surface area contributed by atoms with E-state index < -0.39 is 72.2 Å². The van der Waals surface area contributed by atoms with Crippen LogP contribution in [0.4, 0.5) is 5.69 Å². The molecule has 6 rings (SSSR count). The normalized spacial score (nSPS) is 30.7. The van der Waals surface area contributed by atoms with E-state index >= 15 is 4.79 Å². The van der Waals surface area contributed by atoms with E-state index in [1.807, 2.05) is 51.1 Å². The highest BCUT2D eigenvalue weighted by Gasteiger charge is 2.75. The van der Waals surface area contributed by atoms with Gasteiger partial charge in [0.15, 0.2) is 0 Å². The van der Waals surface area contributed by atoms with Crippen LogP contribution in [-0.4, -0.2) is 90.4 Å². The molecule has 2 aromatic carbocycles. The molecule has 2 saturated heterocycles. The number of carbonyl (C=O) groups is 4. The summed E-state index contributed by atoms with van der Waals surface area (Å²) in [5, 5.41) is 14.1. The highest BCUT2D eigenvalue weighted by Crippen LogP contribution is 2.59. The SMILES string of the molecule is COC[C@H]1NC(=O)CC/C=C\CN(c2c(C)cccc2Cl)C(=O)[C@@H]2N([C@@H](CO)CC(C)C)C(=O)[C@H]3[C@H](C(=O)O[C@@H]1c1ccccc1)[C@H]1O[C@@]23C=C1Br. The molecule has 0 aromatic heterocycles. The number of carbonyl (C=O) groups excluding carboxylic acids is 4. The maximum atomic E-state index is 15.3. The molecular weight excluding hydrogens is 754 g/mol. The predicted octanol–water partition coefficient (Wildman–Crippen LogP) is 5.03. The number of esters is 1. The Morgan fingerprint density at radius 3 is 2.48 bits per heavy atom. The van der Waals surface area contributed by atoms with Crippen LogP contribution in [0.5, 0.6) is 0 Å². The summed E-state index contributed by atoms with van der Waals surface area (Å²) in [5.74, 6) is -4.19. The Balaban J connectivity index is 1.53. The van der Waals surface area contributed by atoms with Crippen molar-refractivity contribution in [3.63, 3.8) is 0 Å². The molecule has 0 unspecified atom stereocenters. The molecule has 4 heterocycles. The monoisotopic (exact) mass is 797 g/mol. The van der Waals surface area contributed by atoms with Crippen LogP contribution in [0, 0.1) is 24.7 Å². The number of halogens is 2. The number of nitrogens with zero attached hydrogens (tertiary/aromatic N) is 2. The van der Waals surface area contributed by atoms with Gasteiger partial charge in [0.05, 0.1) is 41.9 Å². The molecule has 11 nitrogen and oxygen atoms in total. The summed E-state index contributed by atoms with van der Waals surface area (Å²) in [5.41, 5.74) is 0.251. The van der Waals surface area contributed by atoms with Crippen molar-refractivity contribution in [1.29, 1.82) is 0 Å². The Labute approximate surface area is 317 Å². The van der Waals surface area contributed by atoms with Crippen molar-refractivity contribution < 1.29 is 38.5 Å². The number of hydrogen-bond donors (Lipinski definition) is 2. The summed E-state index contributed by atoms with van der Waals surface area (Å²) >= 11 is 10.4. The van der Waals surface area contributed by atoms with Gasteiger partial charge >= 0.3 is 5.97 Å². The average Bonchev–Trinajstić information content (AvgIpc) is 3.71. The van der Waals surface area contributed by atoms with E-state index in [4.69, 9.17) is 25.8 Å². The smallest absolute Gasteiger partial charge is 0.313 e. The van der Waals surface area contributed by atoms with E-state index in [1.165, 1.54) is 16.9 Å². The van der Waals surface area contributed by atoms with Gasteiger partial charge in [0.1, 0.15) is 29.8 Å². The van der Waals surface area contributed by atoms with Crippen LogP contribution in [0.2, 0.25) is 5.02 Å². The number of hydrogen-bond acceptors (Lipinski definition) is 8. The topological polar surface area (TPSA) is 135 Å². The van der Waals surface area contributed by atoms with Gasteiger partial charge in [0, 0.05) is 24.6 Å². The summed E-state index contributed by atoms with van der Waals surface area (Å²) in [7, 11) is 1.50. The summed E-state index contributed by atoms with van der Waals surface area (Å²) in [6.07, 6.45) is 4.35. The molecule has 0 radical (unpaired) electrons. The first kappa shape index (κ1) is 38.2. The maximum Gasteiger partial charge on any atom is 0.313 e. The van der Waals surface area contributed by atoms with E-state index in [9.17, 15) is 19.5 Å². The van der Waals surface area contributed by atoms with Gasteiger partial charge < -0.3 is 34.4 Å². The van der Waals surface area contributed by atoms with Crippen molar-refractivity contribution in [1.82, 2.24) is 10.2 Å². The number of rotatable bonds is 8. The van der Waals surface area contributed by atoms with Crippen LogP contribution in [0.3, 0.4) is 0 Å². The molecule has 1 spiro atoms. The van der Waals surface area contributed by atoms with Gasteiger partial charge in [-0.05, 0) is 49.0 Å². The van der Waals surface area contributed by atoms with Gasteiger partial charge in [0.25, 0.3) is 5.91 Å². The molecule has 0 saturated carbocycles. The number of methoxy groups -OCH3 is 1. The molecule has 2 aromatic rings. The number of likely N-dealkylation sites (tertiary alicyclic amines) is 1. The minimum Gasteiger partial charge on any atom is -0.455 e. The van der Waals surface area contributed by atoms with E-state index in [-0.39, 0.29) is 31.4 Å². The fourth-order valence-corrected chi connectivity index (χ4v) is 9.29. The van der Waals surface area contributed by atoms with Crippen LogP contribution in [-0.2, 0) is 33.4 Å². The Hall–Kier alpha value is -3.55. The summed E-state index contributed by atoms with van der Waals surface area (Å²) < 4.78 is 19.1. The van der Waals surface area contributed by atoms with Crippen LogP contribution < -0.4 is 10.2 Å². The molecule has 2 fully saturated rings. The summed E-state index contributed by atoms with van der Waals surface area (Å²) in [4.78, 5) is 61.2. The first-order chi connectivity index (χ1) is 24.9. The second kappa shape index (κ2) is 15.8. The van der Waals surface area contributed by atoms with Crippen molar-refractivity contribution in [2.24, 2.45) is 17.8 Å². The fourth-order valence-electron chi connectivity index (χ4n) is 8.23. The molecular formula is C39H45BrClN3O8. The number of cyclic esters (lactones) is 1. The van der Waals surface area contributed by atoms with Crippen LogP contribution in [0.25, 0.3) is 0 Å². The van der Waals surface area contributed by atoms with Gasteiger partial charge in [-0.15, -0.1) is 0 Å². The second-order valence-corrected chi connectivity index (χ2v) is 15.6. The van der Waals surface area contributed by atoms with Gasteiger partial charge in [-0.25, -0.2) is 0 Å². The number of para-hydroxylation sites is 1. The second-order valence-electron chi connectivity index (χ2n) is 14.3. The van der Waals surface area contributed by atoms with Crippen molar-refractivity contribution >= 4 is 56.9 Å². The molecule has 4 aliphatic heterocycles. The Morgan fingerprint density at radius 1 is 1.06 bits per heavy atom. The predicted molar refractivity (Wildman–Crippen MR) is 199 cm³/mol. The van der Waals surface area contributed by atoms with E-state index in [1.54, 1.807) is 36.4 Å². The molecule has 5 bridgehead atoms. The maximum absolute atomic E-state index is 15.3. The van der Waals surface area contributed by atoms with Gasteiger partial charge in [0.2, 0.25) is 11.8 Å². The van der Waals surface area contributed by atoms with Gasteiger partial charge in [-0.2, -0.15) is 0 Å². The third-order valence-electron chi connectivity index (χ3n) is 10.4. The number of benzene rings is 2. The number of aliphatic hydroxyl groups excluding tert-OH is 1. The fraction of sp³-hybridized carbons (Fsp3) is 0.487. The van der Waals surface area contributed by atoms with E-state index in [0.29, 0.717) is 33.6 Å². The van der Waals surface area contributed by atoms with Crippen molar-refractivity contribution in [2.75, 3.05) is 31.8 Å². The number of aryl methyl sites for hydroxylation is 1. The van der Waals surface area contributed by atoms with Crippen molar-refractivity contribution in [2.45, 2.75) is 76.0 Å². The third kappa shape index (κ3) is 6.96. The minimum atomic E-state index is -1.57. The quantitative estimate of drug-likeness (QED) is 0.281. The lowest BCUT2D eigenvalue weighted by Gasteiger charge is -2.39. The molecule has 4 aliphatic rings. The standard InChI is InChI=1S/C39H45BrClN3O8/c1-22(2)18-25(20-45)44-35-37(48)43(32-23(3)12-11-15-27(32)41)17-10-6-9-16-29(46)42-28(21-50-4)33(24-13-7-5-8-14-24)51-38(49)30-31(36(44)47)39(35)19-26(40)34(30)52-39/h5-8,10-15,19,22,25,28,30-31,33-35,45H,9,16-18,20-21H2,1-4H3,(H,42,46)/b10-6-/t25-,28-,30+,31-,33-,34+,35+,39-/m1/s1. The number of anilines is 1. The number of ether oxygens (including phenoxy) is 3. The molecule has 3 amide bonds. The summed E-state index contributed by atoms with van der Waals surface area (Å²) in [6.45, 7) is 5.51. The van der Waals surface area contributed by atoms with E-state index in [2.05, 4.69) is 21.2 Å². The van der Waals surface area contributed by atoms with E-state index in [0.717, 1.165) is 5.56 Å². The number of aliphatic hydroxyl groups is 1. The zero-order valence-corrected chi connectivity index (χ0v) is 32.0. The number of allylic oxidation sites excluding steroid dienone is 1. The van der Waals surface area contributed by atoms with Crippen LogP contribution in [0.1, 0.15) is 50.3 Å². The largest absolute Gasteiger partial charge is 0.455 e. The third-order valence-corrected chi connectivity index (χ3v) is 11.3. The van der Waals surface area contributed by atoms with Crippen molar-refractivity contribution in [3.05, 3.63) is 87.4 Å². The zero-order chi connectivity index (χ0) is 37.3. The lowest BCUT2D eigenvalue weighted by Crippen LogP contribution is -2.59. The molecule has 8 atom stereocenters. The lowest BCUT2D eigenvalue weighted by molar-refractivity contribution is -0.162. The lowest BCUT2D eigenvalue weighted by atomic mass is 9.74. The minimum absolute atomic E-state index is 0.0405. The van der Waals surface area contributed by atoms with Gasteiger partial charge in [-0.1, -0.05) is 96.0 Å². The molecule has 278 valence electrons. The highest BCUT2D eigenvalue weighted by atomic mass is 79.9. The number of amides is 3. The first-order valence-corrected chi connectivity index (χ1v) is 18.8.